The van der Waals surface area contributed by atoms with Gasteiger partial charge >= 0.3 is 5.97 Å². The third kappa shape index (κ3) is 2.24. The number of ether oxygens (including phenoxy) is 1. The van der Waals surface area contributed by atoms with Gasteiger partial charge in [0.2, 0.25) is 0 Å². The molecule has 0 spiro atoms. The van der Waals surface area contributed by atoms with Crippen molar-refractivity contribution in [2.45, 2.75) is 25.5 Å². The lowest BCUT2D eigenvalue weighted by molar-refractivity contribution is 0.0696. The maximum absolute atomic E-state index is 11.1. The largest absolute Gasteiger partial charge is 0.478 e. The second kappa shape index (κ2) is 4.71. The normalized spacial score (nSPS) is 23.6. The van der Waals surface area contributed by atoms with Crippen LogP contribution in [0.2, 0.25) is 0 Å². The Morgan fingerprint density at radius 3 is 3.00 bits per heavy atom. The van der Waals surface area contributed by atoms with Gasteiger partial charge in [-0.05, 0) is 25.5 Å². The molecule has 0 bridgehead atoms. The highest BCUT2D eigenvalue weighted by molar-refractivity contribution is 5.93. The number of pyridine rings is 1. The highest BCUT2D eigenvalue weighted by Crippen LogP contribution is 2.25. The quantitative estimate of drug-likeness (QED) is 0.859. The third-order valence-corrected chi connectivity index (χ3v) is 3.18. The van der Waals surface area contributed by atoms with Crippen LogP contribution >= 0.6 is 0 Å². The summed E-state index contributed by atoms with van der Waals surface area (Å²) in [5.74, 6) is -0.450. The summed E-state index contributed by atoms with van der Waals surface area (Å²) in [6, 6.07) is 3.39. The van der Waals surface area contributed by atoms with Crippen LogP contribution in [0.4, 0.5) is 5.82 Å². The summed E-state index contributed by atoms with van der Waals surface area (Å²) in [6.45, 7) is 2.71. The number of likely N-dealkylation sites (N-methyl/N-ethyl adjacent to an activating group) is 1. The molecular formula is C12H16N2O3. The molecule has 0 amide bonds. The average Bonchev–Trinajstić information content (AvgIpc) is 2.74. The van der Waals surface area contributed by atoms with E-state index in [0.717, 1.165) is 6.42 Å². The molecule has 2 unspecified atom stereocenters. The number of anilines is 1. The zero-order valence-corrected chi connectivity index (χ0v) is 9.96. The van der Waals surface area contributed by atoms with Gasteiger partial charge in [0.1, 0.15) is 11.4 Å². The molecule has 0 radical (unpaired) electrons. The molecule has 92 valence electrons. The van der Waals surface area contributed by atoms with Crippen LogP contribution in [0, 0.1) is 0 Å². The molecule has 2 rings (SSSR count). The van der Waals surface area contributed by atoms with Crippen LogP contribution in [-0.2, 0) is 4.74 Å². The monoisotopic (exact) mass is 236 g/mol. The van der Waals surface area contributed by atoms with Crippen molar-refractivity contribution in [1.82, 2.24) is 4.98 Å². The fourth-order valence-electron chi connectivity index (χ4n) is 2.23. The molecule has 0 saturated carbocycles. The molecular weight excluding hydrogens is 220 g/mol. The van der Waals surface area contributed by atoms with Crippen LogP contribution in [0.1, 0.15) is 23.7 Å². The van der Waals surface area contributed by atoms with Crippen LogP contribution in [-0.4, -0.2) is 41.9 Å². The highest BCUT2D eigenvalue weighted by Gasteiger charge is 2.30. The smallest absolute Gasteiger partial charge is 0.339 e. The van der Waals surface area contributed by atoms with Gasteiger partial charge in [-0.25, -0.2) is 9.78 Å². The van der Waals surface area contributed by atoms with Gasteiger partial charge in [0, 0.05) is 19.9 Å². The van der Waals surface area contributed by atoms with Crippen molar-refractivity contribution in [3.05, 3.63) is 23.9 Å². The van der Waals surface area contributed by atoms with Gasteiger partial charge in [0.05, 0.1) is 12.1 Å². The number of nitrogens with zero attached hydrogens (tertiary/aromatic N) is 2. The second-order valence-corrected chi connectivity index (χ2v) is 4.22. The molecule has 2 atom stereocenters. The van der Waals surface area contributed by atoms with E-state index in [-0.39, 0.29) is 17.7 Å². The summed E-state index contributed by atoms with van der Waals surface area (Å²) in [4.78, 5) is 17.2. The molecule has 0 aromatic carbocycles. The summed E-state index contributed by atoms with van der Waals surface area (Å²) < 4.78 is 5.49. The Bertz CT molecular complexity index is 422. The third-order valence-electron chi connectivity index (χ3n) is 3.18. The molecule has 5 nitrogen and oxygen atoms in total. The van der Waals surface area contributed by atoms with Crippen molar-refractivity contribution < 1.29 is 14.6 Å². The first-order chi connectivity index (χ1) is 8.11. The van der Waals surface area contributed by atoms with Gasteiger partial charge < -0.3 is 14.7 Å². The van der Waals surface area contributed by atoms with Gasteiger partial charge in [-0.1, -0.05) is 0 Å². The van der Waals surface area contributed by atoms with Crippen molar-refractivity contribution in [2.75, 3.05) is 18.6 Å². The summed E-state index contributed by atoms with van der Waals surface area (Å²) >= 11 is 0. The Labute approximate surface area is 100 Å². The zero-order valence-electron chi connectivity index (χ0n) is 9.96. The first kappa shape index (κ1) is 11.9. The van der Waals surface area contributed by atoms with E-state index in [4.69, 9.17) is 9.84 Å². The van der Waals surface area contributed by atoms with Crippen LogP contribution < -0.4 is 4.90 Å². The second-order valence-electron chi connectivity index (χ2n) is 4.22. The van der Waals surface area contributed by atoms with Crippen LogP contribution in [0.3, 0.4) is 0 Å². The van der Waals surface area contributed by atoms with Gasteiger partial charge in [-0.2, -0.15) is 0 Å². The number of aromatic carboxylic acids is 1. The van der Waals surface area contributed by atoms with Gasteiger partial charge in [0.25, 0.3) is 0 Å². The summed E-state index contributed by atoms with van der Waals surface area (Å²) in [5, 5.41) is 9.13. The van der Waals surface area contributed by atoms with Crippen LogP contribution in [0.15, 0.2) is 18.3 Å². The first-order valence-corrected chi connectivity index (χ1v) is 5.64. The fraction of sp³-hybridized carbons (Fsp3) is 0.500. The molecule has 2 heterocycles. The number of hydrogen-bond acceptors (Lipinski definition) is 4. The lowest BCUT2D eigenvalue weighted by atomic mass is 10.1. The van der Waals surface area contributed by atoms with Gasteiger partial charge in [0.15, 0.2) is 0 Å². The van der Waals surface area contributed by atoms with Crippen LogP contribution in [0.25, 0.3) is 0 Å². The number of aromatic nitrogens is 1. The standard InChI is InChI=1S/C12H16N2O3/c1-8-10(5-7-17-8)14(2)11-9(12(15)16)4-3-6-13-11/h3-4,6,8,10H,5,7H2,1-2H3,(H,15,16). The Morgan fingerprint density at radius 1 is 1.65 bits per heavy atom. The highest BCUT2D eigenvalue weighted by atomic mass is 16.5. The van der Waals surface area contributed by atoms with E-state index in [1.54, 1.807) is 18.3 Å². The van der Waals surface area contributed by atoms with Crippen molar-refractivity contribution in [3.63, 3.8) is 0 Å². The van der Waals surface area contributed by atoms with E-state index in [9.17, 15) is 4.79 Å². The summed E-state index contributed by atoms with van der Waals surface area (Å²) in [5.41, 5.74) is 0.231. The molecule has 0 aliphatic carbocycles. The first-order valence-electron chi connectivity index (χ1n) is 5.64. The molecule has 1 aromatic heterocycles. The minimum atomic E-state index is -0.952. The number of hydrogen-bond donors (Lipinski definition) is 1. The number of carbonyl (C=O) groups is 1. The lowest BCUT2D eigenvalue weighted by Gasteiger charge is -2.28. The van der Waals surface area contributed by atoms with Gasteiger partial charge in [-0.3, -0.25) is 0 Å². The Morgan fingerprint density at radius 2 is 2.41 bits per heavy atom. The van der Waals surface area contributed by atoms with Crippen molar-refractivity contribution in [3.8, 4) is 0 Å². The maximum atomic E-state index is 11.1. The van der Waals surface area contributed by atoms with E-state index in [1.165, 1.54) is 0 Å². The maximum Gasteiger partial charge on any atom is 0.339 e. The van der Waals surface area contributed by atoms with E-state index in [0.29, 0.717) is 12.4 Å². The Kier molecular flexibility index (Phi) is 3.28. The van der Waals surface area contributed by atoms with E-state index >= 15 is 0 Å². The molecule has 1 fully saturated rings. The van der Waals surface area contributed by atoms with E-state index in [1.807, 2.05) is 18.9 Å². The van der Waals surface area contributed by atoms with Crippen LogP contribution in [0.5, 0.6) is 0 Å². The minimum Gasteiger partial charge on any atom is -0.478 e. The molecule has 1 aliphatic rings. The number of carboxylic acid groups (broad SMARTS) is 1. The topological polar surface area (TPSA) is 62.7 Å². The minimum absolute atomic E-state index is 0.101. The average molecular weight is 236 g/mol. The van der Waals surface area contributed by atoms with E-state index < -0.39 is 5.97 Å². The molecule has 1 aliphatic heterocycles. The summed E-state index contributed by atoms with van der Waals surface area (Å²) in [7, 11) is 1.87. The van der Waals surface area contributed by atoms with Gasteiger partial charge in [-0.15, -0.1) is 0 Å². The Balaban J connectivity index is 2.30. The predicted octanol–water partition coefficient (Wildman–Crippen LogP) is 1.39. The predicted molar refractivity (Wildman–Crippen MR) is 63.4 cm³/mol. The summed E-state index contributed by atoms with van der Waals surface area (Å²) in [6.07, 6.45) is 2.61. The fourth-order valence-corrected chi connectivity index (χ4v) is 2.23. The number of carboxylic acids is 1. The zero-order chi connectivity index (χ0) is 12.4. The lowest BCUT2D eigenvalue weighted by Crippen LogP contribution is -2.38. The number of rotatable bonds is 3. The van der Waals surface area contributed by atoms with E-state index in [2.05, 4.69) is 4.98 Å². The SMILES string of the molecule is CC1OCCC1N(C)c1ncccc1C(=O)O. The molecule has 1 N–H and O–H groups in total. The Hall–Kier alpha value is -1.62. The molecule has 5 heteroatoms. The van der Waals surface area contributed by atoms with Crippen molar-refractivity contribution in [2.24, 2.45) is 0 Å². The molecule has 1 aromatic rings. The molecule has 1 saturated heterocycles. The van der Waals surface area contributed by atoms with Crippen molar-refractivity contribution in [1.29, 1.82) is 0 Å². The molecule has 17 heavy (non-hydrogen) atoms. The van der Waals surface area contributed by atoms with Crippen molar-refractivity contribution >= 4 is 11.8 Å².